The standard InChI is InChI=1S/C18H19FN4O3.C2HF3O2/c19-12-8-14-17(21-9-12)15(1-4-20-14)22-5-2-13(3-6-22)23-10-11(18(25)26)7-16(23)24;3-2(4,5)1(6)7/h1,4,8-9,11,13H,2-3,5-7,10H2,(H,25,26);(H,6,7). The molecule has 1 unspecified atom stereocenters. The summed E-state index contributed by atoms with van der Waals surface area (Å²) in [6.45, 7) is 1.76. The number of halogens is 4. The molecule has 2 aliphatic rings. The van der Waals surface area contributed by atoms with Gasteiger partial charge >= 0.3 is 18.1 Å². The van der Waals surface area contributed by atoms with Gasteiger partial charge < -0.3 is 20.0 Å². The van der Waals surface area contributed by atoms with Crippen LogP contribution >= 0.6 is 0 Å². The number of rotatable bonds is 3. The van der Waals surface area contributed by atoms with Crippen molar-refractivity contribution < 1.29 is 42.2 Å². The first-order valence-corrected chi connectivity index (χ1v) is 9.95. The monoisotopic (exact) mass is 472 g/mol. The molecular weight excluding hydrogens is 452 g/mol. The highest BCUT2D eigenvalue weighted by Crippen LogP contribution is 2.30. The van der Waals surface area contributed by atoms with Gasteiger partial charge in [0.1, 0.15) is 11.3 Å². The highest BCUT2D eigenvalue weighted by Gasteiger charge is 2.39. The molecule has 2 aliphatic heterocycles. The summed E-state index contributed by atoms with van der Waals surface area (Å²) in [5.41, 5.74) is 2.09. The van der Waals surface area contributed by atoms with Crippen molar-refractivity contribution in [3.05, 3.63) is 30.3 Å². The summed E-state index contributed by atoms with van der Waals surface area (Å²) in [5, 5.41) is 16.3. The number of carboxylic acid groups (broad SMARTS) is 2. The van der Waals surface area contributed by atoms with Gasteiger partial charge in [-0.15, -0.1) is 0 Å². The molecule has 2 aromatic heterocycles. The van der Waals surface area contributed by atoms with Crippen LogP contribution in [0.15, 0.2) is 24.5 Å². The minimum Gasteiger partial charge on any atom is -0.481 e. The van der Waals surface area contributed by atoms with Crippen molar-refractivity contribution in [3.63, 3.8) is 0 Å². The summed E-state index contributed by atoms with van der Waals surface area (Å²) >= 11 is 0. The van der Waals surface area contributed by atoms with Gasteiger partial charge in [-0.3, -0.25) is 14.6 Å². The third kappa shape index (κ3) is 5.65. The van der Waals surface area contributed by atoms with Crippen LogP contribution in [0.3, 0.4) is 0 Å². The van der Waals surface area contributed by atoms with Gasteiger partial charge in [-0.1, -0.05) is 0 Å². The van der Waals surface area contributed by atoms with Crippen LogP contribution < -0.4 is 4.90 Å². The van der Waals surface area contributed by atoms with E-state index in [1.165, 1.54) is 12.3 Å². The van der Waals surface area contributed by atoms with Gasteiger partial charge in [-0.25, -0.2) is 14.2 Å². The third-order valence-electron chi connectivity index (χ3n) is 5.52. The van der Waals surface area contributed by atoms with Crippen molar-refractivity contribution in [2.45, 2.75) is 31.5 Å². The van der Waals surface area contributed by atoms with Gasteiger partial charge in [-0.05, 0) is 18.9 Å². The van der Waals surface area contributed by atoms with Crippen molar-refractivity contribution in [1.82, 2.24) is 14.9 Å². The van der Waals surface area contributed by atoms with Gasteiger partial charge in [0.25, 0.3) is 0 Å². The number of fused-ring (bicyclic) bond motifs is 1. The van der Waals surface area contributed by atoms with E-state index < -0.39 is 29.9 Å². The molecule has 2 aromatic rings. The Labute approximate surface area is 184 Å². The number of carbonyl (C=O) groups excluding carboxylic acids is 1. The van der Waals surface area contributed by atoms with Crippen molar-refractivity contribution >= 4 is 34.6 Å². The molecule has 4 rings (SSSR count). The Balaban J connectivity index is 0.000000383. The normalized spacial score (nSPS) is 19.4. The fraction of sp³-hybridized carbons (Fsp3) is 0.450. The smallest absolute Gasteiger partial charge is 0.481 e. The first kappa shape index (κ1) is 24.1. The summed E-state index contributed by atoms with van der Waals surface area (Å²) in [4.78, 5) is 44.4. The number of hydrogen-bond acceptors (Lipinski definition) is 6. The van der Waals surface area contributed by atoms with Crippen LogP contribution in [0.1, 0.15) is 19.3 Å². The zero-order chi connectivity index (χ0) is 24.3. The van der Waals surface area contributed by atoms with Crippen molar-refractivity contribution in [2.75, 3.05) is 24.5 Å². The fourth-order valence-corrected chi connectivity index (χ4v) is 3.92. The Morgan fingerprint density at radius 1 is 1.12 bits per heavy atom. The van der Waals surface area contributed by atoms with E-state index >= 15 is 0 Å². The summed E-state index contributed by atoms with van der Waals surface area (Å²) in [7, 11) is 0. The largest absolute Gasteiger partial charge is 0.490 e. The zero-order valence-corrected chi connectivity index (χ0v) is 17.1. The molecule has 1 amide bonds. The number of anilines is 1. The molecule has 0 aromatic carbocycles. The number of likely N-dealkylation sites (tertiary alicyclic amines) is 1. The maximum absolute atomic E-state index is 13.4. The number of carbonyl (C=O) groups is 3. The molecule has 2 N–H and O–H groups in total. The SMILES string of the molecule is O=C(O)C(F)(F)F.O=C(O)C1CC(=O)N(C2CCN(c3ccnc4cc(F)cnc34)CC2)C1. The number of amides is 1. The van der Waals surface area contributed by atoms with Gasteiger partial charge in [0, 0.05) is 44.4 Å². The van der Waals surface area contributed by atoms with Gasteiger partial charge in [0.05, 0.1) is 23.3 Å². The molecule has 0 bridgehead atoms. The molecule has 33 heavy (non-hydrogen) atoms. The lowest BCUT2D eigenvalue weighted by Gasteiger charge is -2.38. The number of piperidine rings is 1. The van der Waals surface area contributed by atoms with Crippen LogP contribution in [0.4, 0.5) is 23.2 Å². The van der Waals surface area contributed by atoms with E-state index in [1.54, 1.807) is 11.1 Å². The number of carboxylic acids is 2. The topological polar surface area (TPSA) is 124 Å². The molecule has 13 heteroatoms. The fourth-order valence-electron chi connectivity index (χ4n) is 3.92. The molecule has 0 spiro atoms. The van der Waals surface area contributed by atoms with E-state index in [0.29, 0.717) is 17.6 Å². The Morgan fingerprint density at radius 3 is 2.30 bits per heavy atom. The Kier molecular flexibility index (Phi) is 6.98. The molecule has 2 fully saturated rings. The minimum absolute atomic E-state index is 0.0673. The predicted octanol–water partition coefficient (Wildman–Crippen LogP) is 2.30. The summed E-state index contributed by atoms with van der Waals surface area (Å²) in [5.74, 6) is -4.74. The van der Waals surface area contributed by atoms with E-state index in [2.05, 4.69) is 14.9 Å². The Morgan fingerprint density at radius 2 is 1.76 bits per heavy atom. The van der Waals surface area contributed by atoms with E-state index in [9.17, 15) is 27.2 Å². The van der Waals surface area contributed by atoms with Crippen LogP contribution in [0, 0.1) is 11.7 Å². The molecule has 0 radical (unpaired) electrons. The molecule has 1 atom stereocenters. The number of aliphatic carboxylic acids is 2. The quantitative estimate of drug-likeness (QED) is 0.653. The molecule has 9 nitrogen and oxygen atoms in total. The first-order valence-electron chi connectivity index (χ1n) is 9.95. The molecule has 2 saturated heterocycles. The number of pyridine rings is 2. The van der Waals surface area contributed by atoms with Crippen molar-refractivity contribution in [1.29, 1.82) is 0 Å². The average Bonchev–Trinajstić information content (AvgIpc) is 3.15. The highest BCUT2D eigenvalue weighted by molar-refractivity contribution is 5.88. The number of aromatic nitrogens is 2. The lowest BCUT2D eigenvalue weighted by molar-refractivity contribution is -0.192. The second-order valence-electron chi connectivity index (χ2n) is 7.66. The second-order valence-corrected chi connectivity index (χ2v) is 7.66. The molecular formula is C20H20F4N4O5. The average molecular weight is 472 g/mol. The predicted molar refractivity (Wildman–Crippen MR) is 106 cm³/mol. The number of alkyl halides is 3. The molecule has 178 valence electrons. The van der Waals surface area contributed by atoms with Gasteiger partial charge in [-0.2, -0.15) is 13.2 Å². The second kappa shape index (κ2) is 9.55. The number of nitrogens with zero attached hydrogens (tertiary/aromatic N) is 4. The van der Waals surface area contributed by atoms with E-state index in [-0.39, 0.29) is 18.4 Å². The molecule has 0 saturated carbocycles. The Bertz CT molecular complexity index is 1060. The lowest BCUT2D eigenvalue weighted by Crippen LogP contribution is -2.45. The van der Waals surface area contributed by atoms with Crippen LogP contribution in [0.25, 0.3) is 11.0 Å². The van der Waals surface area contributed by atoms with Gasteiger partial charge in [0.15, 0.2) is 0 Å². The summed E-state index contributed by atoms with van der Waals surface area (Å²) < 4.78 is 45.1. The third-order valence-corrected chi connectivity index (χ3v) is 5.52. The Hall–Kier alpha value is -3.51. The number of hydrogen-bond donors (Lipinski definition) is 2. The maximum Gasteiger partial charge on any atom is 0.490 e. The van der Waals surface area contributed by atoms with Crippen LogP contribution in [0.5, 0.6) is 0 Å². The summed E-state index contributed by atoms with van der Waals surface area (Å²) in [6, 6.07) is 3.31. The lowest BCUT2D eigenvalue weighted by atomic mass is 10.0. The van der Waals surface area contributed by atoms with E-state index in [0.717, 1.165) is 31.6 Å². The molecule has 0 aliphatic carbocycles. The highest BCUT2D eigenvalue weighted by atomic mass is 19.4. The van der Waals surface area contributed by atoms with Crippen LogP contribution in [-0.2, 0) is 14.4 Å². The van der Waals surface area contributed by atoms with Gasteiger partial charge in [0.2, 0.25) is 5.91 Å². The maximum atomic E-state index is 13.4. The minimum atomic E-state index is -5.08. The van der Waals surface area contributed by atoms with Crippen LogP contribution in [-0.4, -0.2) is 74.8 Å². The van der Waals surface area contributed by atoms with Crippen LogP contribution in [0.2, 0.25) is 0 Å². The van der Waals surface area contributed by atoms with E-state index in [1.807, 2.05) is 6.07 Å². The van der Waals surface area contributed by atoms with E-state index in [4.69, 9.17) is 15.0 Å². The summed E-state index contributed by atoms with van der Waals surface area (Å²) in [6.07, 6.45) is -0.617. The molecule has 4 heterocycles. The van der Waals surface area contributed by atoms with Crippen molar-refractivity contribution in [2.24, 2.45) is 5.92 Å². The van der Waals surface area contributed by atoms with Crippen molar-refractivity contribution in [3.8, 4) is 0 Å². The zero-order valence-electron chi connectivity index (χ0n) is 17.1. The first-order chi connectivity index (χ1) is 15.5.